The third kappa shape index (κ3) is 2.48. The zero-order valence-corrected chi connectivity index (χ0v) is 10.9. The van der Waals surface area contributed by atoms with E-state index in [-0.39, 0.29) is 5.82 Å². The van der Waals surface area contributed by atoms with Crippen LogP contribution in [0.3, 0.4) is 0 Å². The van der Waals surface area contributed by atoms with Crippen molar-refractivity contribution in [3.63, 3.8) is 0 Å². The van der Waals surface area contributed by atoms with Crippen LogP contribution in [0, 0.1) is 0 Å². The van der Waals surface area contributed by atoms with Crippen LogP contribution in [0.5, 0.6) is 0 Å². The Morgan fingerprint density at radius 2 is 1.62 bits per heavy atom. The minimum atomic E-state index is -0.671. The summed E-state index contributed by atoms with van der Waals surface area (Å²) < 4.78 is 1.64. The van der Waals surface area contributed by atoms with Crippen molar-refractivity contribution >= 4 is 31.9 Å². The van der Waals surface area contributed by atoms with Crippen LogP contribution in [-0.4, -0.2) is 15.0 Å². The van der Waals surface area contributed by atoms with E-state index in [1.54, 1.807) is 12.1 Å². The lowest BCUT2D eigenvalue weighted by Gasteiger charge is -2.01. The van der Waals surface area contributed by atoms with E-state index in [9.17, 15) is 9.59 Å². The maximum atomic E-state index is 11.1. The molecule has 0 saturated carbocycles. The van der Waals surface area contributed by atoms with Crippen LogP contribution in [0.4, 0.5) is 0 Å². The molecule has 0 aliphatic carbocycles. The van der Waals surface area contributed by atoms with Gasteiger partial charge in [-0.25, -0.2) is 9.59 Å². The molecular formula is C9H5Br2N3O2. The number of hydrogen-bond acceptors (Lipinski definition) is 3. The third-order valence-corrected chi connectivity index (χ3v) is 2.72. The molecule has 0 bridgehead atoms. The molecule has 0 spiro atoms. The first-order valence-corrected chi connectivity index (χ1v) is 5.80. The van der Waals surface area contributed by atoms with Crippen molar-refractivity contribution in [2.24, 2.45) is 0 Å². The molecule has 1 heterocycles. The van der Waals surface area contributed by atoms with Crippen LogP contribution < -0.4 is 11.4 Å². The number of aromatic nitrogens is 3. The number of benzene rings is 1. The summed E-state index contributed by atoms with van der Waals surface area (Å²) in [5.74, 6) is 0.232. The van der Waals surface area contributed by atoms with Gasteiger partial charge in [0.15, 0.2) is 0 Å². The number of rotatable bonds is 1. The Hall–Kier alpha value is -1.21. The molecule has 0 aliphatic heterocycles. The van der Waals surface area contributed by atoms with Gasteiger partial charge in [0.2, 0.25) is 0 Å². The molecule has 0 unspecified atom stereocenters. The second-order valence-corrected chi connectivity index (χ2v) is 4.83. The lowest BCUT2D eigenvalue weighted by molar-refractivity contribution is 0.942. The number of halogens is 2. The summed E-state index contributed by atoms with van der Waals surface area (Å²) in [7, 11) is 0. The van der Waals surface area contributed by atoms with E-state index >= 15 is 0 Å². The predicted octanol–water partition coefficient (Wildman–Crippen LogP) is 1.65. The molecule has 0 radical (unpaired) electrons. The average Bonchev–Trinajstić information content (AvgIpc) is 2.14. The highest BCUT2D eigenvalue weighted by atomic mass is 79.9. The van der Waals surface area contributed by atoms with Crippen LogP contribution in [0.25, 0.3) is 11.4 Å². The maximum absolute atomic E-state index is 11.1. The SMILES string of the molecule is O=c1nc(-c2cc(Br)cc(Br)c2)[nH]c(=O)[nH]1. The Morgan fingerprint density at radius 1 is 1.00 bits per heavy atom. The van der Waals surface area contributed by atoms with Crippen LogP contribution >= 0.6 is 31.9 Å². The minimum Gasteiger partial charge on any atom is -0.291 e. The van der Waals surface area contributed by atoms with Gasteiger partial charge in [-0.15, -0.1) is 0 Å². The lowest BCUT2D eigenvalue weighted by atomic mass is 10.2. The summed E-state index contributed by atoms with van der Waals surface area (Å²) in [6.07, 6.45) is 0. The Kier molecular flexibility index (Phi) is 3.06. The zero-order valence-electron chi connectivity index (χ0n) is 7.75. The van der Waals surface area contributed by atoms with E-state index in [1.807, 2.05) is 11.1 Å². The molecule has 2 rings (SSSR count). The van der Waals surface area contributed by atoms with Crippen molar-refractivity contribution in [2.75, 3.05) is 0 Å². The van der Waals surface area contributed by atoms with Crippen molar-refractivity contribution in [3.8, 4) is 11.4 Å². The second kappa shape index (κ2) is 4.34. The predicted molar refractivity (Wildman–Crippen MR) is 66.3 cm³/mol. The van der Waals surface area contributed by atoms with E-state index in [4.69, 9.17) is 0 Å². The normalized spacial score (nSPS) is 10.4. The fourth-order valence-corrected chi connectivity index (χ4v) is 2.51. The minimum absolute atomic E-state index is 0.232. The fraction of sp³-hybridized carbons (Fsp3) is 0. The molecule has 1 aromatic carbocycles. The fourth-order valence-electron chi connectivity index (χ4n) is 1.22. The summed E-state index contributed by atoms with van der Waals surface area (Å²) >= 11 is 6.62. The van der Waals surface area contributed by atoms with Crippen LogP contribution in [0.1, 0.15) is 0 Å². The number of H-pyrrole nitrogens is 2. The molecule has 0 amide bonds. The summed E-state index contributed by atoms with van der Waals surface area (Å²) in [6, 6.07) is 5.35. The first-order valence-electron chi connectivity index (χ1n) is 4.22. The van der Waals surface area contributed by atoms with Gasteiger partial charge < -0.3 is 0 Å². The maximum Gasteiger partial charge on any atom is 0.351 e. The summed E-state index contributed by atoms with van der Waals surface area (Å²) in [4.78, 5) is 30.3. The van der Waals surface area contributed by atoms with E-state index in [0.29, 0.717) is 5.56 Å². The van der Waals surface area contributed by atoms with Crippen molar-refractivity contribution < 1.29 is 0 Å². The van der Waals surface area contributed by atoms with Gasteiger partial charge in [0.05, 0.1) is 0 Å². The van der Waals surface area contributed by atoms with Gasteiger partial charge in [0.25, 0.3) is 0 Å². The number of aromatic amines is 2. The highest BCUT2D eigenvalue weighted by Crippen LogP contribution is 2.24. The number of hydrogen-bond donors (Lipinski definition) is 2. The summed E-state index contributed by atoms with van der Waals surface area (Å²) in [6.45, 7) is 0. The molecule has 0 aliphatic rings. The summed E-state index contributed by atoms with van der Waals surface area (Å²) in [5, 5.41) is 0. The van der Waals surface area contributed by atoms with E-state index in [0.717, 1.165) is 8.95 Å². The van der Waals surface area contributed by atoms with Crippen LogP contribution in [0.15, 0.2) is 36.7 Å². The first-order chi connectivity index (χ1) is 7.54. The lowest BCUT2D eigenvalue weighted by Crippen LogP contribution is -2.25. The molecule has 0 fully saturated rings. The Balaban J connectivity index is 2.67. The largest absolute Gasteiger partial charge is 0.351 e. The van der Waals surface area contributed by atoms with Gasteiger partial charge in [-0.05, 0) is 18.2 Å². The molecule has 82 valence electrons. The Labute approximate surface area is 106 Å². The Bertz CT molecular complexity index is 599. The average molecular weight is 347 g/mol. The van der Waals surface area contributed by atoms with E-state index in [1.165, 1.54) is 0 Å². The van der Waals surface area contributed by atoms with Crippen LogP contribution in [-0.2, 0) is 0 Å². The molecule has 16 heavy (non-hydrogen) atoms. The van der Waals surface area contributed by atoms with E-state index < -0.39 is 11.4 Å². The van der Waals surface area contributed by atoms with Gasteiger partial charge in [-0.2, -0.15) is 4.98 Å². The zero-order chi connectivity index (χ0) is 11.7. The first kappa shape index (κ1) is 11.3. The smallest absolute Gasteiger partial charge is 0.291 e. The molecule has 2 N–H and O–H groups in total. The van der Waals surface area contributed by atoms with Gasteiger partial charge in [-0.1, -0.05) is 31.9 Å². The highest BCUT2D eigenvalue weighted by Gasteiger charge is 2.04. The Morgan fingerprint density at radius 3 is 2.19 bits per heavy atom. The highest BCUT2D eigenvalue weighted by molar-refractivity contribution is 9.11. The quantitative estimate of drug-likeness (QED) is 0.824. The van der Waals surface area contributed by atoms with Gasteiger partial charge in [0, 0.05) is 14.5 Å². The van der Waals surface area contributed by atoms with E-state index in [2.05, 4.69) is 41.8 Å². The molecule has 2 aromatic rings. The van der Waals surface area contributed by atoms with Gasteiger partial charge in [0.1, 0.15) is 5.82 Å². The van der Waals surface area contributed by atoms with Crippen molar-refractivity contribution in [1.29, 1.82) is 0 Å². The van der Waals surface area contributed by atoms with Gasteiger partial charge >= 0.3 is 11.4 Å². The molecule has 7 heteroatoms. The number of nitrogens with zero attached hydrogens (tertiary/aromatic N) is 1. The standard InChI is InChI=1S/C9H5Br2N3O2/c10-5-1-4(2-6(11)3-5)7-12-8(15)14-9(16)13-7/h1-3H,(H2,12,13,14,15,16). The molecule has 1 aromatic heterocycles. The summed E-state index contributed by atoms with van der Waals surface area (Å²) in [5.41, 5.74) is -0.606. The third-order valence-electron chi connectivity index (χ3n) is 1.80. The van der Waals surface area contributed by atoms with Crippen molar-refractivity contribution in [1.82, 2.24) is 15.0 Å². The topological polar surface area (TPSA) is 78.6 Å². The van der Waals surface area contributed by atoms with Crippen molar-refractivity contribution in [2.45, 2.75) is 0 Å². The molecule has 0 saturated heterocycles. The second-order valence-electron chi connectivity index (χ2n) is 3.00. The van der Waals surface area contributed by atoms with Crippen LogP contribution in [0.2, 0.25) is 0 Å². The van der Waals surface area contributed by atoms with Crippen molar-refractivity contribution in [3.05, 3.63) is 48.1 Å². The molecular weight excluding hydrogens is 342 g/mol. The van der Waals surface area contributed by atoms with Gasteiger partial charge in [-0.3, -0.25) is 9.97 Å². The molecule has 0 atom stereocenters. The number of nitrogens with one attached hydrogen (secondary N) is 2. The monoisotopic (exact) mass is 345 g/mol. The molecule has 5 nitrogen and oxygen atoms in total.